The van der Waals surface area contributed by atoms with Crippen LogP contribution in [0.1, 0.15) is 45.2 Å². The van der Waals surface area contributed by atoms with Crippen molar-refractivity contribution < 1.29 is 5.11 Å². The highest BCUT2D eigenvalue weighted by molar-refractivity contribution is 5.43. The van der Waals surface area contributed by atoms with Crippen LogP contribution in [0.4, 0.5) is 0 Å². The van der Waals surface area contributed by atoms with E-state index in [0.29, 0.717) is 5.92 Å². The molecule has 0 amide bonds. The monoisotopic (exact) mass is 233 g/mol. The normalized spacial score (nSPS) is 13.4. The fourth-order valence-electron chi connectivity index (χ4n) is 1.64. The third kappa shape index (κ3) is 6.90. The van der Waals surface area contributed by atoms with Crippen LogP contribution in [0.5, 0.6) is 0 Å². The molecule has 1 heterocycles. The molecule has 0 spiro atoms. The van der Waals surface area contributed by atoms with Crippen molar-refractivity contribution in [1.29, 1.82) is 0 Å². The molecule has 0 saturated heterocycles. The third-order valence-corrected chi connectivity index (χ3v) is 2.72. The lowest BCUT2D eigenvalue weighted by molar-refractivity contribution is 0.148. The number of hydrogen-bond donors (Lipinski definition) is 1. The van der Waals surface area contributed by atoms with Gasteiger partial charge >= 0.3 is 0 Å². The molecule has 0 aliphatic rings. The highest BCUT2D eigenvalue weighted by Crippen LogP contribution is 2.11. The first-order chi connectivity index (χ1) is 8.18. The minimum atomic E-state index is -0.161. The molecule has 1 aromatic heterocycles. The molecule has 0 aromatic carbocycles. The summed E-state index contributed by atoms with van der Waals surface area (Å²) < 4.78 is 0. The highest BCUT2D eigenvalue weighted by atomic mass is 16.3. The van der Waals surface area contributed by atoms with Crippen LogP contribution < -0.4 is 0 Å². The molecule has 0 fully saturated rings. The summed E-state index contributed by atoms with van der Waals surface area (Å²) in [7, 11) is 0. The smallest absolute Gasteiger partial charge is 0.0626 e. The molecule has 0 saturated carbocycles. The topological polar surface area (TPSA) is 33.1 Å². The number of hydrogen-bond acceptors (Lipinski definition) is 2. The molecule has 0 radical (unpaired) electrons. The van der Waals surface area contributed by atoms with Crippen molar-refractivity contribution >= 4 is 6.08 Å². The van der Waals surface area contributed by atoms with E-state index in [0.717, 1.165) is 31.4 Å². The molecule has 1 rings (SSSR count). The van der Waals surface area contributed by atoms with E-state index in [1.807, 2.05) is 24.3 Å². The fourth-order valence-corrected chi connectivity index (χ4v) is 1.64. The molecule has 2 heteroatoms. The highest BCUT2D eigenvalue weighted by Gasteiger charge is 2.03. The van der Waals surface area contributed by atoms with Crippen LogP contribution in [-0.2, 0) is 0 Å². The van der Waals surface area contributed by atoms with Gasteiger partial charge in [0.1, 0.15) is 0 Å². The molecule has 1 aromatic rings. The number of nitrogens with zero attached hydrogens (tertiary/aromatic N) is 1. The summed E-state index contributed by atoms with van der Waals surface area (Å²) in [6.45, 7) is 4.38. The average molecular weight is 233 g/mol. The Bertz CT molecular complexity index is 319. The van der Waals surface area contributed by atoms with E-state index in [-0.39, 0.29) is 6.10 Å². The Morgan fingerprint density at radius 1 is 1.24 bits per heavy atom. The van der Waals surface area contributed by atoms with Crippen molar-refractivity contribution in [1.82, 2.24) is 4.98 Å². The van der Waals surface area contributed by atoms with Crippen molar-refractivity contribution in [2.75, 3.05) is 0 Å². The van der Waals surface area contributed by atoms with Gasteiger partial charge in [0.15, 0.2) is 0 Å². The maximum absolute atomic E-state index is 9.75. The largest absolute Gasteiger partial charge is 0.393 e. The summed E-state index contributed by atoms with van der Waals surface area (Å²) in [5.41, 5.74) is 0.976. The standard InChI is InChI=1S/C15H23NO/c1-13(2)10-11-15(17)9-4-3-7-14-8-5-6-12-16-14/h3,5-8,12-13,15,17H,4,9-11H2,1-2H3. The van der Waals surface area contributed by atoms with E-state index in [1.165, 1.54) is 0 Å². The first-order valence-corrected chi connectivity index (χ1v) is 6.44. The number of aliphatic hydroxyl groups excluding tert-OH is 1. The second-order valence-electron chi connectivity index (χ2n) is 4.86. The van der Waals surface area contributed by atoms with E-state index in [9.17, 15) is 5.11 Å². The Morgan fingerprint density at radius 2 is 2.06 bits per heavy atom. The van der Waals surface area contributed by atoms with E-state index in [1.54, 1.807) is 6.20 Å². The third-order valence-electron chi connectivity index (χ3n) is 2.72. The predicted molar refractivity (Wildman–Crippen MR) is 72.6 cm³/mol. The number of allylic oxidation sites excluding steroid dienone is 1. The van der Waals surface area contributed by atoms with Gasteiger partial charge in [-0.05, 0) is 49.8 Å². The molecule has 94 valence electrons. The van der Waals surface area contributed by atoms with Gasteiger partial charge in [0.05, 0.1) is 11.8 Å². The van der Waals surface area contributed by atoms with Gasteiger partial charge in [0.25, 0.3) is 0 Å². The van der Waals surface area contributed by atoms with Gasteiger partial charge in [-0.1, -0.05) is 26.0 Å². The number of rotatable bonds is 7. The molecule has 1 N–H and O–H groups in total. The first kappa shape index (κ1) is 13.9. The molecule has 2 nitrogen and oxygen atoms in total. The summed E-state index contributed by atoms with van der Waals surface area (Å²) in [6, 6.07) is 5.86. The van der Waals surface area contributed by atoms with Crippen LogP contribution in [0.2, 0.25) is 0 Å². The Morgan fingerprint density at radius 3 is 2.71 bits per heavy atom. The van der Waals surface area contributed by atoms with E-state index >= 15 is 0 Å². The summed E-state index contributed by atoms with van der Waals surface area (Å²) in [4.78, 5) is 4.21. The zero-order valence-electron chi connectivity index (χ0n) is 10.8. The predicted octanol–water partition coefficient (Wildman–Crippen LogP) is 3.67. The maximum atomic E-state index is 9.75. The number of aliphatic hydroxyl groups is 1. The first-order valence-electron chi connectivity index (χ1n) is 6.44. The molecule has 0 bridgehead atoms. The number of aromatic nitrogens is 1. The van der Waals surface area contributed by atoms with E-state index in [4.69, 9.17) is 0 Å². The zero-order valence-corrected chi connectivity index (χ0v) is 10.8. The van der Waals surface area contributed by atoms with Crippen LogP contribution in [0, 0.1) is 5.92 Å². The molecule has 17 heavy (non-hydrogen) atoms. The number of pyridine rings is 1. The van der Waals surface area contributed by atoms with Crippen LogP contribution in [0.15, 0.2) is 30.5 Å². The Hall–Kier alpha value is -1.15. The lowest BCUT2D eigenvalue weighted by Gasteiger charge is -2.10. The van der Waals surface area contributed by atoms with Crippen molar-refractivity contribution in [2.24, 2.45) is 5.92 Å². The Labute approximate surface area is 104 Å². The van der Waals surface area contributed by atoms with Gasteiger partial charge < -0.3 is 5.11 Å². The van der Waals surface area contributed by atoms with Crippen LogP contribution in [-0.4, -0.2) is 16.2 Å². The van der Waals surface area contributed by atoms with Crippen LogP contribution >= 0.6 is 0 Å². The fraction of sp³-hybridized carbons (Fsp3) is 0.533. The maximum Gasteiger partial charge on any atom is 0.0626 e. The van der Waals surface area contributed by atoms with Crippen molar-refractivity contribution in [3.63, 3.8) is 0 Å². The summed E-state index contributed by atoms with van der Waals surface area (Å²) in [6.07, 6.45) is 9.49. The quantitative estimate of drug-likeness (QED) is 0.779. The summed E-state index contributed by atoms with van der Waals surface area (Å²) in [5, 5.41) is 9.75. The van der Waals surface area contributed by atoms with Crippen LogP contribution in [0.25, 0.3) is 6.08 Å². The molecule has 1 unspecified atom stereocenters. The summed E-state index contributed by atoms with van der Waals surface area (Å²) >= 11 is 0. The van der Waals surface area contributed by atoms with Crippen molar-refractivity contribution in [3.8, 4) is 0 Å². The van der Waals surface area contributed by atoms with Crippen molar-refractivity contribution in [3.05, 3.63) is 36.2 Å². The minimum Gasteiger partial charge on any atom is -0.393 e. The lowest BCUT2D eigenvalue weighted by Crippen LogP contribution is -2.07. The van der Waals surface area contributed by atoms with Gasteiger partial charge in [0.2, 0.25) is 0 Å². The van der Waals surface area contributed by atoms with Gasteiger partial charge in [-0.15, -0.1) is 0 Å². The Kier molecular flexibility index (Phi) is 6.56. The average Bonchev–Trinajstić information content (AvgIpc) is 2.33. The molecule has 0 aliphatic heterocycles. The molecule has 1 atom stereocenters. The molecular weight excluding hydrogens is 210 g/mol. The lowest BCUT2D eigenvalue weighted by atomic mass is 10.0. The van der Waals surface area contributed by atoms with Gasteiger partial charge in [-0.25, -0.2) is 0 Å². The van der Waals surface area contributed by atoms with Crippen molar-refractivity contribution in [2.45, 2.75) is 45.6 Å². The SMILES string of the molecule is CC(C)CCC(O)CCC=Cc1ccccn1. The van der Waals surface area contributed by atoms with Gasteiger partial charge in [-0.2, -0.15) is 0 Å². The molecule has 0 aliphatic carbocycles. The van der Waals surface area contributed by atoms with Gasteiger partial charge in [-0.3, -0.25) is 4.98 Å². The zero-order chi connectivity index (χ0) is 12.5. The Balaban J connectivity index is 2.17. The van der Waals surface area contributed by atoms with Gasteiger partial charge in [0, 0.05) is 6.20 Å². The minimum absolute atomic E-state index is 0.161. The second kappa shape index (κ2) is 8.02. The van der Waals surface area contributed by atoms with E-state index < -0.39 is 0 Å². The van der Waals surface area contributed by atoms with E-state index in [2.05, 4.69) is 24.9 Å². The summed E-state index contributed by atoms with van der Waals surface area (Å²) in [5.74, 6) is 0.675. The molecular formula is C15H23NO. The van der Waals surface area contributed by atoms with Crippen LogP contribution in [0.3, 0.4) is 0 Å². The second-order valence-corrected chi connectivity index (χ2v) is 4.86.